The van der Waals surface area contributed by atoms with Crippen LogP contribution in [0, 0.1) is 11.8 Å². The maximum atomic E-state index is 13.3. The Morgan fingerprint density at radius 2 is 1.85 bits per heavy atom. The topological polar surface area (TPSA) is 135 Å². The zero-order valence-corrected chi connectivity index (χ0v) is 23.8. The molecular formula is C28H35N3O8S. The van der Waals surface area contributed by atoms with Crippen LogP contribution in [-0.4, -0.2) is 95.8 Å². The number of carbonyl (C=O) groups is 4. The minimum Gasteiger partial charge on any atom is -0.430 e. The molecule has 4 aliphatic rings. The molecule has 12 heteroatoms. The molecule has 2 fully saturated rings. The summed E-state index contributed by atoms with van der Waals surface area (Å²) in [7, 11) is 3.41. The van der Waals surface area contributed by atoms with E-state index in [-0.39, 0.29) is 46.9 Å². The first kappa shape index (κ1) is 28.4. The Labute approximate surface area is 237 Å². The van der Waals surface area contributed by atoms with Gasteiger partial charge in [-0.05, 0) is 24.5 Å². The molecule has 5 rings (SSSR count). The number of carbonyl (C=O) groups excluding carboxylic acids is 4. The highest BCUT2D eigenvalue weighted by molar-refractivity contribution is 8.03. The molecule has 11 nitrogen and oxygen atoms in total. The van der Waals surface area contributed by atoms with Gasteiger partial charge in [-0.3, -0.25) is 9.59 Å². The van der Waals surface area contributed by atoms with E-state index in [1.165, 1.54) is 16.7 Å². The van der Waals surface area contributed by atoms with Crippen molar-refractivity contribution in [2.45, 2.75) is 62.7 Å². The fourth-order valence-corrected chi connectivity index (χ4v) is 7.59. The van der Waals surface area contributed by atoms with Crippen molar-refractivity contribution in [1.82, 2.24) is 15.1 Å². The minimum atomic E-state index is -0.935. The summed E-state index contributed by atoms with van der Waals surface area (Å²) in [6.45, 7) is 3.38. The predicted molar refractivity (Wildman–Crippen MR) is 145 cm³/mol. The molecule has 3 heterocycles. The van der Waals surface area contributed by atoms with Crippen molar-refractivity contribution in [2.24, 2.45) is 11.8 Å². The zero-order chi connectivity index (χ0) is 28.7. The van der Waals surface area contributed by atoms with Crippen molar-refractivity contribution in [1.29, 1.82) is 0 Å². The average Bonchev–Trinajstić information content (AvgIpc) is 3.59. The lowest BCUT2D eigenvalue weighted by Gasteiger charge is -2.46. The molecule has 0 radical (unpaired) electrons. The highest BCUT2D eigenvalue weighted by Crippen LogP contribution is 2.52. The number of aliphatic hydroxyl groups is 1. The molecule has 2 N–H and O–H groups in total. The highest BCUT2D eigenvalue weighted by atomic mass is 32.2. The van der Waals surface area contributed by atoms with E-state index in [4.69, 9.17) is 14.2 Å². The number of rotatable bonds is 8. The maximum absolute atomic E-state index is 13.3. The molecule has 216 valence electrons. The van der Waals surface area contributed by atoms with E-state index in [1.54, 1.807) is 25.9 Å². The quantitative estimate of drug-likeness (QED) is 0.267. The van der Waals surface area contributed by atoms with Crippen molar-refractivity contribution in [2.75, 3.05) is 27.4 Å². The van der Waals surface area contributed by atoms with Crippen LogP contribution in [0.3, 0.4) is 0 Å². The smallest absolute Gasteiger partial charge is 0.430 e. The van der Waals surface area contributed by atoms with Crippen LogP contribution in [0.4, 0.5) is 4.79 Å². The summed E-state index contributed by atoms with van der Waals surface area (Å²) < 4.78 is 15.7. The van der Waals surface area contributed by atoms with Gasteiger partial charge in [0.25, 0.3) is 0 Å². The van der Waals surface area contributed by atoms with Gasteiger partial charge in [-0.15, -0.1) is 11.8 Å². The van der Waals surface area contributed by atoms with Crippen LogP contribution < -0.4 is 5.32 Å². The number of aliphatic hydroxyl groups excluding tert-OH is 1. The molecule has 6 atom stereocenters. The second kappa shape index (κ2) is 11.4. The largest absolute Gasteiger partial charge is 0.511 e. The van der Waals surface area contributed by atoms with E-state index in [9.17, 15) is 24.3 Å². The van der Waals surface area contributed by atoms with Gasteiger partial charge in [0, 0.05) is 49.6 Å². The van der Waals surface area contributed by atoms with Gasteiger partial charge in [-0.25, -0.2) is 9.59 Å². The number of hydrogen-bond acceptors (Lipinski definition) is 10. The van der Waals surface area contributed by atoms with Crippen LogP contribution in [0.1, 0.15) is 31.4 Å². The number of β-lactam (4-membered cyclic amide) rings is 1. The molecule has 1 aliphatic carbocycles. The monoisotopic (exact) mass is 573 g/mol. The second-order valence-electron chi connectivity index (χ2n) is 11.0. The summed E-state index contributed by atoms with van der Waals surface area (Å²) in [6, 6.07) is 7.16. The number of nitrogens with zero attached hydrogens (tertiary/aromatic N) is 2. The van der Waals surface area contributed by atoms with Crippen molar-refractivity contribution in [3.8, 4) is 0 Å². The Balaban J connectivity index is 1.22. The predicted octanol–water partition coefficient (Wildman–Crippen LogP) is 1.43. The third kappa shape index (κ3) is 5.31. The van der Waals surface area contributed by atoms with Gasteiger partial charge in [0.2, 0.25) is 18.6 Å². The maximum Gasteiger partial charge on any atom is 0.511 e. The van der Waals surface area contributed by atoms with E-state index >= 15 is 0 Å². The molecule has 0 spiro atoms. The Morgan fingerprint density at radius 1 is 1.18 bits per heavy atom. The number of fused-ring (bicyclic) bond motifs is 2. The van der Waals surface area contributed by atoms with Gasteiger partial charge in [0.05, 0.1) is 24.1 Å². The summed E-state index contributed by atoms with van der Waals surface area (Å²) in [5, 5.41) is 13.4. The fraction of sp³-hybridized carbons (Fsp3) is 0.571. The molecule has 0 bridgehead atoms. The van der Waals surface area contributed by atoms with E-state index < -0.39 is 30.9 Å². The van der Waals surface area contributed by atoms with Crippen LogP contribution in [0.25, 0.3) is 0 Å². The van der Waals surface area contributed by atoms with Crippen LogP contribution in [0.5, 0.6) is 0 Å². The molecule has 0 unspecified atom stereocenters. The van der Waals surface area contributed by atoms with Crippen molar-refractivity contribution >= 4 is 35.7 Å². The first-order valence-electron chi connectivity index (χ1n) is 13.5. The Bertz CT molecular complexity index is 1210. The Morgan fingerprint density at radius 3 is 2.48 bits per heavy atom. The standard InChI is InChI=1S/C28H35N3O8S/c1-14-22-21(15(2)32)26(34)31(22)23(24(14)40-19-11-20(29-12-19)25(33)30(3)4)27(35)37-13-38-28(36)39-18-9-16-7-5-6-8-17(16)10-18/h5-8,14-15,18-22,29,32H,9-13H2,1-4H3/t14-,15-,19+,20+,21-,22-/m1/s1. The third-order valence-electron chi connectivity index (χ3n) is 8.07. The summed E-state index contributed by atoms with van der Waals surface area (Å²) in [5.74, 6) is -2.00. The molecule has 3 aliphatic heterocycles. The van der Waals surface area contributed by atoms with E-state index in [1.807, 2.05) is 31.2 Å². The lowest BCUT2D eigenvalue weighted by atomic mass is 9.79. The van der Waals surface area contributed by atoms with Gasteiger partial charge in [0.15, 0.2) is 0 Å². The minimum absolute atomic E-state index is 0.00489. The Hall–Kier alpha value is -3.09. The number of thioether (sulfide) groups is 1. The van der Waals surface area contributed by atoms with Crippen molar-refractivity contribution in [3.05, 3.63) is 46.0 Å². The molecule has 40 heavy (non-hydrogen) atoms. The fourth-order valence-electron chi connectivity index (χ4n) is 6.11. The first-order chi connectivity index (χ1) is 19.1. The SMILES string of the molecule is C[C@@H](O)[C@H]1C(=O)N2C(C(=O)OCOC(=O)OC3Cc4ccccc4C3)=C(S[C@@H]3CN[C@H](C(=O)N(C)C)C3)[C@H](C)[C@H]12. The van der Waals surface area contributed by atoms with Crippen molar-refractivity contribution < 1.29 is 38.5 Å². The van der Waals surface area contributed by atoms with Crippen LogP contribution in [-0.2, 0) is 41.4 Å². The molecule has 0 saturated carbocycles. The summed E-state index contributed by atoms with van der Waals surface area (Å²) in [5.41, 5.74) is 2.35. The highest BCUT2D eigenvalue weighted by Gasteiger charge is 2.60. The lowest BCUT2D eigenvalue weighted by molar-refractivity contribution is -0.166. The molecule has 1 aromatic rings. The lowest BCUT2D eigenvalue weighted by Crippen LogP contribution is -2.63. The van der Waals surface area contributed by atoms with Gasteiger partial charge in [0.1, 0.15) is 11.8 Å². The number of amides is 2. The van der Waals surface area contributed by atoms with E-state index in [0.29, 0.717) is 30.7 Å². The van der Waals surface area contributed by atoms with E-state index in [0.717, 1.165) is 11.1 Å². The van der Waals surface area contributed by atoms with Gasteiger partial charge < -0.3 is 34.4 Å². The average molecular weight is 574 g/mol. The van der Waals surface area contributed by atoms with Gasteiger partial charge in [-0.2, -0.15) is 0 Å². The number of likely N-dealkylation sites (N-methyl/N-ethyl adjacent to an activating group) is 1. The number of benzene rings is 1. The molecule has 0 aromatic heterocycles. The first-order valence-corrected chi connectivity index (χ1v) is 14.4. The summed E-state index contributed by atoms with van der Waals surface area (Å²) in [4.78, 5) is 54.5. The van der Waals surface area contributed by atoms with Crippen LogP contribution in [0.15, 0.2) is 34.9 Å². The second-order valence-corrected chi connectivity index (χ2v) is 12.3. The number of esters is 1. The third-order valence-corrected chi connectivity index (χ3v) is 9.58. The summed E-state index contributed by atoms with van der Waals surface area (Å²) in [6.07, 6.45) is -0.393. The molecular weight excluding hydrogens is 538 g/mol. The summed E-state index contributed by atoms with van der Waals surface area (Å²) >= 11 is 1.45. The number of nitrogens with one attached hydrogen (secondary N) is 1. The molecule has 1 aromatic carbocycles. The molecule has 2 amide bonds. The van der Waals surface area contributed by atoms with E-state index in [2.05, 4.69) is 5.32 Å². The normalized spacial score (nSPS) is 28.1. The number of ether oxygens (including phenoxy) is 3. The van der Waals surface area contributed by atoms with Gasteiger partial charge >= 0.3 is 12.1 Å². The van der Waals surface area contributed by atoms with Crippen molar-refractivity contribution in [3.63, 3.8) is 0 Å². The van der Waals surface area contributed by atoms with Crippen LogP contribution >= 0.6 is 11.8 Å². The number of hydrogen-bond donors (Lipinski definition) is 2. The zero-order valence-electron chi connectivity index (χ0n) is 23.0. The van der Waals surface area contributed by atoms with Crippen LogP contribution in [0.2, 0.25) is 0 Å². The van der Waals surface area contributed by atoms with Gasteiger partial charge in [-0.1, -0.05) is 31.2 Å². The molecule has 2 saturated heterocycles. The Kier molecular flexibility index (Phi) is 8.12.